The Kier molecular flexibility index (Phi) is 4.42. The third-order valence-electron chi connectivity index (χ3n) is 2.85. The van der Waals surface area contributed by atoms with Crippen LogP contribution in [0.4, 0.5) is 5.69 Å². The zero-order chi connectivity index (χ0) is 14.8. The SMILES string of the molecule is Cc1csc(CCNS(=O)(=O)c2ccc(N)c(C)c2)n1. The molecule has 0 amide bonds. The quantitative estimate of drug-likeness (QED) is 0.825. The fraction of sp³-hybridized carbons (Fsp3) is 0.308. The molecule has 0 aliphatic heterocycles. The number of aromatic nitrogens is 1. The topological polar surface area (TPSA) is 85.1 Å². The van der Waals surface area contributed by atoms with E-state index < -0.39 is 10.0 Å². The highest BCUT2D eigenvalue weighted by molar-refractivity contribution is 7.89. The predicted molar refractivity (Wildman–Crippen MR) is 81.3 cm³/mol. The molecule has 0 bridgehead atoms. The van der Waals surface area contributed by atoms with Crippen LogP contribution in [-0.2, 0) is 16.4 Å². The zero-order valence-electron chi connectivity index (χ0n) is 11.4. The smallest absolute Gasteiger partial charge is 0.240 e. The van der Waals surface area contributed by atoms with Crippen LogP contribution in [0.5, 0.6) is 0 Å². The number of sulfonamides is 1. The van der Waals surface area contributed by atoms with Crippen molar-refractivity contribution in [2.45, 2.75) is 25.2 Å². The average molecular weight is 311 g/mol. The molecule has 0 saturated carbocycles. The van der Waals surface area contributed by atoms with Crippen molar-refractivity contribution in [2.24, 2.45) is 0 Å². The molecule has 0 spiro atoms. The number of nitrogens with two attached hydrogens (primary N) is 1. The molecule has 3 N–H and O–H groups in total. The molecule has 7 heteroatoms. The summed E-state index contributed by atoms with van der Waals surface area (Å²) in [5, 5.41) is 2.88. The summed E-state index contributed by atoms with van der Waals surface area (Å²) < 4.78 is 26.8. The molecule has 0 atom stereocenters. The number of hydrogen-bond acceptors (Lipinski definition) is 5. The second-order valence-corrected chi connectivity index (χ2v) is 7.26. The minimum absolute atomic E-state index is 0.236. The monoisotopic (exact) mass is 311 g/mol. The van der Waals surface area contributed by atoms with E-state index in [1.54, 1.807) is 19.1 Å². The van der Waals surface area contributed by atoms with Gasteiger partial charge in [0, 0.05) is 29.7 Å². The van der Waals surface area contributed by atoms with Crippen molar-refractivity contribution in [3.63, 3.8) is 0 Å². The second kappa shape index (κ2) is 5.90. The van der Waals surface area contributed by atoms with Gasteiger partial charge in [-0.3, -0.25) is 0 Å². The van der Waals surface area contributed by atoms with Crippen LogP contribution in [0.25, 0.3) is 0 Å². The molecule has 5 nitrogen and oxygen atoms in total. The van der Waals surface area contributed by atoms with Gasteiger partial charge in [-0.15, -0.1) is 11.3 Å². The van der Waals surface area contributed by atoms with E-state index in [-0.39, 0.29) is 4.90 Å². The lowest BCUT2D eigenvalue weighted by Crippen LogP contribution is -2.26. The maximum absolute atomic E-state index is 12.1. The molecular formula is C13H17N3O2S2. The molecule has 0 aliphatic rings. The van der Waals surface area contributed by atoms with Crippen molar-refractivity contribution >= 4 is 27.0 Å². The van der Waals surface area contributed by atoms with Crippen molar-refractivity contribution in [3.05, 3.63) is 39.8 Å². The van der Waals surface area contributed by atoms with Gasteiger partial charge in [-0.2, -0.15) is 0 Å². The third kappa shape index (κ3) is 3.56. The van der Waals surface area contributed by atoms with Crippen LogP contribution in [0.2, 0.25) is 0 Å². The van der Waals surface area contributed by atoms with Crippen LogP contribution in [0.15, 0.2) is 28.5 Å². The van der Waals surface area contributed by atoms with Gasteiger partial charge in [0.2, 0.25) is 10.0 Å². The van der Waals surface area contributed by atoms with Gasteiger partial charge in [-0.25, -0.2) is 18.1 Å². The maximum Gasteiger partial charge on any atom is 0.240 e. The number of anilines is 1. The lowest BCUT2D eigenvalue weighted by Gasteiger charge is -2.08. The van der Waals surface area contributed by atoms with E-state index >= 15 is 0 Å². The molecule has 2 aromatic rings. The second-order valence-electron chi connectivity index (χ2n) is 4.55. The lowest BCUT2D eigenvalue weighted by molar-refractivity contribution is 0.581. The number of nitrogens with zero attached hydrogens (tertiary/aromatic N) is 1. The first kappa shape index (κ1) is 15.0. The highest BCUT2D eigenvalue weighted by atomic mass is 32.2. The highest BCUT2D eigenvalue weighted by Crippen LogP contribution is 2.16. The summed E-state index contributed by atoms with van der Waals surface area (Å²) >= 11 is 1.54. The van der Waals surface area contributed by atoms with Crippen molar-refractivity contribution in [1.82, 2.24) is 9.71 Å². The number of benzene rings is 1. The fourth-order valence-corrected chi connectivity index (χ4v) is 3.60. The Hall–Kier alpha value is -1.44. The Morgan fingerprint density at radius 3 is 2.70 bits per heavy atom. The summed E-state index contributed by atoms with van der Waals surface area (Å²) in [4.78, 5) is 4.53. The Morgan fingerprint density at radius 2 is 2.10 bits per heavy atom. The van der Waals surface area contributed by atoms with Crippen molar-refractivity contribution in [3.8, 4) is 0 Å². The van der Waals surface area contributed by atoms with Gasteiger partial charge in [-0.1, -0.05) is 0 Å². The van der Waals surface area contributed by atoms with Gasteiger partial charge in [0.1, 0.15) is 0 Å². The van der Waals surface area contributed by atoms with Crippen molar-refractivity contribution in [2.75, 3.05) is 12.3 Å². The number of nitrogen functional groups attached to an aromatic ring is 1. The van der Waals surface area contributed by atoms with E-state index in [2.05, 4.69) is 9.71 Å². The summed E-state index contributed by atoms with van der Waals surface area (Å²) in [6.45, 7) is 4.03. The van der Waals surface area contributed by atoms with Crippen LogP contribution < -0.4 is 10.5 Å². The molecule has 0 aliphatic carbocycles. The van der Waals surface area contributed by atoms with Gasteiger partial charge in [0.05, 0.1) is 9.90 Å². The Bertz CT molecular complexity index is 708. The maximum atomic E-state index is 12.1. The predicted octanol–water partition coefficient (Wildman–Crippen LogP) is 1.86. The van der Waals surface area contributed by atoms with Crippen LogP contribution in [0, 0.1) is 13.8 Å². The first-order valence-corrected chi connectivity index (χ1v) is 8.51. The van der Waals surface area contributed by atoms with E-state index in [1.807, 2.05) is 12.3 Å². The highest BCUT2D eigenvalue weighted by Gasteiger charge is 2.14. The van der Waals surface area contributed by atoms with Crippen molar-refractivity contribution < 1.29 is 8.42 Å². The first-order valence-electron chi connectivity index (χ1n) is 6.15. The summed E-state index contributed by atoms with van der Waals surface area (Å²) in [6, 6.07) is 4.69. The average Bonchev–Trinajstić information content (AvgIpc) is 2.78. The lowest BCUT2D eigenvalue weighted by atomic mass is 10.2. The third-order valence-corrected chi connectivity index (χ3v) is 5.33. The summed E-state index contributed by atoms with van der Waals surface area (Å²) in [7, 11) is -3.49. The van der Waals surface area contributed by atoms with Gasteiger partial charge in [0.25, 0.3) is 0 Å². The number of rotatable bonds is 5. The van der Waals surface area contributed by atoms with E-state index in [4.69, 9.17) is 5.73 Å². The number of nitrogens with one attached hydrogen (secondary N) is 1. The molecule has 20 heavy (non-hydrogen) atoms. The summed E-state index contributed by atoms with van der Waals surface area (Å²) in [5.74, 6) is 0. The van der Waals surface area contributed by atoms with Crippen LogP contribution in [0.3, 0.4) is 0 Å². The molecular weight excluding hydrogens is 294 g/mol. The molecule has 1 heterocycles. The van der Waals surface area contributed by atoms with Gasteiger partial charge in [-0.05, 0) is 37.6 Å². The molecule has 0 fully saturated rings. The van der Waals surface area contributed by atoms with Gasteiger partial charge < -0.3 is 5.73 Å². The number of aryl methyl sites for hydroxylation is 2. The minimum Gasteiger partial charge on any atom is -0.399 e. The number of thiazole rings is 1. The minimum atomic E-state index is -3.49. The summed E-state index contributed by atoms with van der Waals surface area (Å²) in [5.41, 5.74) is 7.99. The molecule has 0 unspecified atom stereocenters. The Morgan fingerprint density at radius 1 is 1.35 bits per heavy atom. The van der Waals surface area contributed by atoms with Crippen LogP contribution in [0.1, 0.15) is 16.3 Å². The normalized spacial score (nSPS) is 11.7. The summed E-state index contributed by atoms with van der Waals surface area (Å²) in [6.07, 6.45) is 0.589. The number of hydrogen-bond donors (Lipinski definition) is 2. The largest absolute Gasteiger partial charge is 0.399 e. The van der Waals surface area contributed by atoms with E-state index in [9.17, 15) is 8.42 Å². The van der Waals surface area contributed by atoms with E-state index in [0.29, 0.717) is 18.7 Å². The fourth-order valence-electron chi connectivity index (χ4n) is 1.71. The first-order chi connectivity index (χ1) is 9.38. The van der Waals surface area contributed by atoms with E-state index in [0.717, 1.165) is 16.3 Å². The standard InChI is InChI=1S/C13H17N3O2S2/c1-9-7-11(3-4-12(9)14)20(17,18)15-6-5-13-16-10(2)8-19-13/h3-4,7-8,15H,5-6,14H2,1-2H3. The Balaban J connectivity index is 2.02. The molecule has 108 valence electrons. The van der Waals surface area contributed by atoms with Crippen LogP contribution in [-0.4, -0.2) is 19.9 Å². The molecule has 0 saturated heterocycles. The Labute approximate surface area is 122 Å². The molecule has 2 rings (SSSR count). The zero-order valence-corrected chi connectivity index (χ0v) is 13.0. The van der Waals surface area contributed by atoms with Gasteiger partial charge in [0.15, 0.2) is 0 Å². The van der Waals surface area contributed by atoms with Crippen molar-refractivity contribution in [1.29, 1.82) is 0 Å². The van der Waals surface area contributed by atoms with Crippen LogP contribution >= 0.6 is 11.3 Å². The molecule has 1 aromatic heterocycles. The van der Waals surface area contributed by atoms with E-state index in [1.165, 1.54) is 17.4 Å². The van der Waals surface area contributed by atoms with Gasteiger partial charge >= 0.3 is 0 Å². The molecule has 1 aromatic carbocycles. The molecule has 0 radical (unpaired) electrons.